The van der Waals surface area contributed by atoms with Gasteiger partial charge in [0, 0.05) is 24.7 Å². The number of nitrogens with one attached hydrogen (secondary N) is 1. The van der Waals surface area contributed by atoms with Crippen LogP contribution in [-0.2, 0) is 14.8 Å². The van der Waals surface area contributed by atoms with Gasteiger partial charge in [0.05, 0.1) is 4.90 Å². The Morgan fingerprint density at radius 2 is 1.74 bits per heavy atom. The van der Waals surface area contributed by atoms with Crippen LogP contribution in [0.15, 0.2) is 47.4 Å². The Morgan fingerprint density at radius 1 is 1.07 bits per heavy atom. The van der Waals surface area contributed by atoms with E-state index < -0.39 is 15.8 Å². The van der Waals surface area contributed by atoms with Crippen LogP contribution >= 0.6 is 0 Å². The molecule has 0 aliphatic carbocycles. The van der Waals surface area contributed by atoms with E-state index in [-0.39, 0.29) is 29.8 Å². The standard InChI is InChI=1S/C20H23FN2O3S/c1-14-5-3-4-6-19(14)22-20(24)16-9-11-23(12-10-16)27(25,26)17-7-8-18(21)15(2)13-17/h3-8,13,16H,9-12H2,1-2H3,(H,22,24). The average molecular weight is 390 g/mol. The first-order chi connectivity index (χ1) is 12.8. The molecular formula is C20H23FN2O3S. The molecule has 3 rings (SSSR count). The molecule has 0 aromatic heterocycles. The minimum Gasteiger partial charge on any atom is -0.326 e. The van der Waals surface area contributed by atoms with Crippen LogP contribution in [0.25, 0.3) is 0 Å². The lowest BCUT2D eigenvalue weighted by Gasteiger charge is -2.30. The largest absolute Gasteiger partial charge is 0.326 e. The summed E-state index contributed by atoms with van der Waals surface area (Å²) in [5, 5.41) is 2.93. The molecule has 0 unspecified atom stereocenters. The Morgan fingerprint density at radius 3 is 2.37 bits per heavy atom. The highest BCUT2D eigenvalue weighted by Crippen LogP contribution is 2.26. The number of aryl methyl sites for hydroxylation is 2. The van der Waals surface area contributed by atoms with E-state index in [0.717, 1.165) is 11.3 Å². The number of hydrogen-bond acceptors (Lipinski definition) is 3. The molecule has 144 valence electrons. The zero-order valence-electron chi connectivity index (χ0n) is 15.4. The molecule has 2 aromatic carbocycles. The van der Waals surface area contributed by atoms with Crippen LogP contribution in [0.4, 0.5) is 10.1 Å². The maximum atomic E-state index is 13.4. The fraction of sp³-hybridized carbons (Fsp3) is 0.350. The number of amides is 1. The van der Waals surface area contributed by atoms with Gasteiger partial charge in [-0.15, -0.1) is 0 Å². The zero-order valence-corrected chi connectivity index (χ0v) is 16.2. The van der Waals surface area contributed by atoms with Crippen molar-refractivity contribution in [2.75, 3.05) is 18.4 Å². The third-order valence-electron chi connectivity index (χ3n) is 4.99. The molecule has 1 saturated heterocycles. The Labute approximate surface area is 159 Å². The molecule has 1 fully saturated rings. The fourth-order valence-electron chi connectivity index (χ4n) is 3.23. The summed E-state index contributed by atoms with van der Waals surface area (Å²) in [6, 6.07) is 11.4. The SMILES string of the molecule is Cc1cc(S(=O)(=O)N2CCC(C(=O)Nc3ccccc3C)CC2)ccc1F. The molecule has 0 saturated carbocycles. The van der Waals surface area contributed by atoms with E-state index >= 15 is 0 Å². The van der Waals surface area contributed by atoms with Crippen molar-refractivity contribution in [3.8, 4) is 0 Å². The molecule has 0 atom stereocenters. The Kier molecular flexibility index (Phi) is 5.62. The summed E-state index contributed by atoms with van der Waals surface area (Å²) in [4.78, 5) is 12.6. The first kappa shape index (κ1) is 19.5. The summed E-state index contributed by atoms with van der Waals surface area (Å²) in [6.45, 7) is 4.00. The first-order valence-corrected chi connectivity index (χ1v) is 10.4. The summed E-state index contributed by atoms with van der Waals surface area (Å²) in [5.41, 5.74) is 2.06. The number of sulfonamides is 1. The second-order valence-electron chi connectivity index (χ2n) is 6.89. The molecule has 1 aliphatic rings. The van der Waals surface area contributed by atoms with Crippen molar-refractivity contribution in [2.45, 2.75) is 31.6 Å². The molecule has 1 heterocycles. The third kappa shape index (κ3) is 4.20. The third-order valence-corrected chi connectivity index (χ3v) is 6.89. The number of nitrogens with zero attached hydrogens (tertiary/aromatic N) is 1. The van der Waals surface area contributed by atoms with Crippen LogP contribution in [0.2, 0.25) is 0 Å². The highest BCUT2D eigenvalue weighted by molar-refractivity contribution is 7.89. The van der Waals surface area contributed by atoms with Crippen LogP contribution in [0.5, 0.6) is 0 Å². The molecule has 7 heteroatoms. The second kappa shape index (κ2) is 7.78. The van der Waals surface area contributed by atoms with Crippen molar-refractivity contribution in [3.63, 3.8) is 0 Å². The fourth-order valence-corrected chi connectivity index (χ4v) is 4.79. The zero-order chi connectivity index (χ0) is 19.6. The molecule has 2 aromatic rings. The van der Waals surface area contributed by atoms with Gasteiger partial charge in [-0.1, -0.05) is 18.2 Å². The second-order valence-corrected chi connectivity index (χ2v) is 8.83. The van der Waals surface area contributed by atoms with Gasteiger partial charge in [0.1, 0.15) is 5.82 Å². The van der Waals surface area contributed by atoms with Crippen LogP contribution in [0.3, 0.4) is 0 Å². The Balaban J connectivity index is 1.65. The number of benzene rings is 2. The molecule has 0 radical (unpaired) electrons. The molecule has 1 N–H and O–H groups in total. The number of carbonyl (C=O) groups is 1. The molecule has 1 amide bonds. The topological polar surface area (TPSA) is 66.5 Å². The predicted molar refractivity (Wildman–Crippen MR) is 102 cm³/mol. The summed E-state index contributed by atoms with van der Waals surface area (Å²) < 4.78 is 40.3. The summed E-state index contributed by atoms with van der Waals surface area (Å²) in [7, 11) is -3.68. The number of halogens is 1. The van der Waals surface area contributed by atoms with Gasteiger partial charge < -0.3 is 5.32 Å². The number of carbonyl (C=O) groups excluding carboxylic acids is 1. The van der Waals surface area contributed by atoms with Gasteiger partial charge >= 0.3 is 0 Å². The van der Waals surface area contributed by atoms with Crippen molar-refractivity contribution in [1.82, 2.24) is 4.31 Å². The number of para-hydroxylation sites is 1. The highest BCUT2D eigenvalue weighted by Gasteiger charge is 2.32. The van der Waals surface area contributed by atoms with Gasteiger partial charge in [0.2, 0.25) is 15.9 Å². The molecule has 1 aliphatic heterocycles. The normalized spacial score (nSPS) is 16.3. The number of hydrogen-bond donors (Lipinski definition) is 1. The summed E-state index contributed by atoms with van der Waals surface area (Å²) >= 11 is 0. The molecule has 5 nitrogen and oxygen atoms in total. The highest BCUT2D eigenvalue weighted by atomic mass is 32.2. The number of rotatable bonds is 4. The quantitative estimate of drug-likeness (QED) is 0.869. The Hall–Kier alpha value is -2.25. The molecule has 0 bridgehead atoms. The maximum absolute atomic E-state index is 13.4. The van der Waals surface area contributed by atoms with Crippen LogP contribution in [-0.4, -0.2) is 31.7 Å². The van der Waals surface area contributed by atoms with E-state index in [4.69, 9.17) is 0 Å². The van der Waals surface area contributed by atoms with Gasteiger partial charge in [-0.25, -0.2) is 12.8 Å². The van der Waals surface area contributed by atoms with Crippen LogP contribution in [0, 0.1) is 25.6 Å². The van der Waals surface area contributed by atoms with Gasteiger partial charge in [-0.2, -0.15) is 4.31 Å². The molecular weight excluding hydrogens is 367 g/mol. The van der Waals surface area contributed by atoms with E-state index in [2.05, 4.69) is 5.32 Å². The predicted octanol–water partition coefficient (Wildman–Crippen LogP) is 3.48. The van der Waals surface area contributed by atoms with Gasteiger partial charge in [-0.05, 0) is 62.1 Å². The van der Waals surface area contributed by atoms with Crippen molar-refractivity contribution < 1.29 is 17.6 Å². The lowest BCUT2D eigenvalue weighted by Crippen LogP contribution is -2.41. The maximum Gasteiger partial charge on any atom is 0.243 e. The van der Waals surface area contributed by atoms with Crippen LogP contribution < -0.4 is 5.32 Å². The van der Waals surface area contributed by atoms with E-state index in [1.165, 1.54) is 29.4 Å². The van der Waals surface area contributed by atoms with Crippen LogP contribution in [0.1, 0.15) is 24.0 Å². The van der Waals surface area contributed by atoms with Gasteiger partial charge in [0.25, 0.3) is 0 Å². The Bertz CT molecular complexity index is 951. The van der Waals surface area contributed by atoms with E-state index in [1.807, 2.05) is 31.2 Å². The average Bonchev–Trinajstić information content (AvgIpc) is 2.65. The lowest BCUT2D eigenvalue weighted by atomic mass is 9.97. The number of anilines is 1. The van der Waals surface area contributed by atoms with Gasteiger partial charge in [0.15, 0.2) is 0 Å². The minimum atomic E-state index is -3.68. The molecule has 27 heavy (non-hydrogen) atoms. The molecule has 0 spiro atoms. The van der Waals surface area contributed by atoms with Crippen molar-refractivity contribution in [3.05, 3.63) is 59.4 Å². The lowest BCUT2D eigenvalue weighted by molar-refractivity contribution is -0.120. The smallest absolute Gasteiger partial charge is 0.243 e. The van der Waals surface area contributed by atoms with Crippen molar-refractivity contribution >= 4 is 21.6 Å². The van der Waals surface area contributed by atoms with E-state index in [0.29, 0.717) is 18.4 Å². The first-order valence-electron chi connectivity index (χ1n) is 8.92. The van der Waals surface area contributed by atoms with E-state index in [1.54, 1.807) is 0 Å². The summed E-state index contributed by atoms with van der Waals surface area (Å²) in [5.74, 6) is -0.745. The summed E-state index contributed by atoms with van der Waals surface area (Å²) in [6.07, 6.45) is 0.911. The van der Waals surface area contributed by atoms with Gasteiger partial charge in [-0.3, -0.25) is 4.79 Å². The number of piperidine rings is 1. The van der Waals surface area contributed by atoms with Crippen molar-refractivity contribution in [1.29, 1.82) is 0 Å². The minimum absolute atomic E-state index is 0.0843. The van der Waals surface area contributed by atoms with Crippen molar-refractivity contribution in [2.24, 2.45) is 5.92 Å². The monoisotopic (exact) mass is 390 g/mol. The van der Waals surface area contributed by atoms with E-state index in [9.17, 15) is 17.6 Å².